The molecule has 3 N–H and O–H groups in total. The Morgan fingerprint density at radius 1 is 0.971 bits per heavy atom. The van der Waals surface area contributed by atoms with Gasteiger partial charge >= 0.3 is 0 Å². The number of nitrogens with zero attached hydrogens (tertiary/aromatic N) is 7. The van der Waals surface area contributed by atoms with E-state index < -0.39 is 35.4 Å². The zero-order chi connectivity index (χ0) is 49.0. The first-order chi connectivity index (χ1) is 33.1. The Hall–Kier alpha value is -5.64. The SMILES string of the molecule is Cc1ncsc1-c1ccc([C@H](C)NC(=O)[C@@H]2C[C@@H](O)CN2C(=O)[C@@H](NC(=O)COCCN2CCN(c3ccc(C(=O)N4[C@@H]5CC[C@H]4CC(Oc4ccc(C#N)c(Cl)c4)C5)nc3)CC2)C(C)(C)C)cc1. The summed E-state index contributed by atoms with van der Waals surface area (Å²) in [5.41, 5.74) is 5.82. The molecule has 366 valence electrons. The second-order valence-corrected chi connectivity index (χ2v) is 21.0. The number of halogens is 1. The molecule has 8 rings (SSSR count). The van der Waals surface area contributed by atoms with E-state index in [4.69, 9.17) is 21.1 Å². The number of piperidine rings is 1. The lowest BCUT2D eigenvalue weighted by Gasteiger charge is -2.39. The summed E-state index contributed by atoms with van der Waals surface area (Å²) in [6.45, 7) is 13.2. The van der Waals surface area contributed by atoms with E-state index in [0.717, 1.165) is 79.2 Å². The minimum atomic E-state index is -0.959. The Balaban J connectivity index is 0.756. The highest BCUT2D eigenvalue weighted by Crippen LogP contribution is 2.39. The van der Waals surface area contributed by atoms with E-state index in [0.29, 0.717) is 35.2 Å². The van der Waals surface area contributed by atoms with Crippen LogP contribution in [0.15, 0.2) is 66.3 Å². The fourth-order valence-corrected chi connectivity index (χ4v) is 11.1. The van der Waals surface area contributed by atoms with Gasteiger partial charge in [-0.1, -0.05) is 56.6 Å². The number of rotatable bonds is 15. The molecule has 0 radical (unpaired) electrons. The van der Waals surface area contributed by atoms with Gasteiger partial charge in [0.25, 0.3) is 5.91 Å². The summed E-state index contributed by atoms with van der Waals surface area (Å²) >= 11 is 7.80. The lowest BCUT2D eigenvalue weighted by molar-refractivity contribution is -0.144. The maximum Gasteiger partial charge on any atom is 0.272 e. The topological polar surface area (TPSA) is 194 Å². The number of benzene rings is 2. The fraction of sp³-hybridized carbons (Fsp3) is 0.510. The van der Waals surface area contributed by atoms with Crippen LogP contribution in [0.4, 0.5) is 5.69 Å². The molecule has 4 fully saturated rings. The summed E-state index contributed by atoms with van der Waals surface area (Å²) in [6, 6.07) is 16.8. The van der Waals surface area contributed by atoms with Gasteiger partial charge < -0.3 is 39.9 Å². The van der Waals surface area contributed by atoms with E-state index in [1.54, 1.807) is 35.7 Å². The van der Waals surface area contributed by atoms with Crippen LogP contribution in [0.2, 0.25) is 5.02 Å². The van der Waals surface area contributed by atoms with E-state index in [-0.39, 0.29) is 55.6 Å². The monoisotopic (exact) mass is 979 g/mol. The molecule has 4 aliphatic rings. The number of aliphatic hydroxyl groups excluding tert-OH is 1. The predicted molar refractivity (Wildman–Crippen MR) is 263 cm³/mol. The second kappa shape index (κ2) is 21.6. The van der Waals surface area contributed by atoms with Gasteiger partial charge in [0, 0.05) is 76.7 Å². The van der Waals surface area contributed by atoms with Gasteiger partial charge in [0.1, 0.15) is 42.3 Å². The molecular formula is C51H62ClN9O7S. The van der Waals surface area contributed by atoms with Gasteiger partial charge in [0.05, 0.1) is 57.3 Å². The number of anilines is 1. The first-order valence-electron chi connectivity index (χ1n) is 23.8. The lowest BCUT2D eigenvalue weighted by atomic mass is 9.85. The van der Waals surface area contributed by atoms with Crippen molar-refractivity contribution in [2.45, 2.75) is 109 Å². The standard InChI is InChI=1S/C51H62ClN9O7S/c1-31(33-6-8-34(9-7-33)46-32(2)55-30-69-46)56-48(64)44-24-39(62)28-60(44)50(66)47(51(3,4)5)57-45(63)29-67-21-20-58-16-18-59(19-17-58)38-13-15-43(54-27-38)49(65)61-36-11-12-37(61)23-41(22-36)68-40-14-10-35(26-53)42(52)25-40/h6-10,13-15,25,27,30-31,36-37,39,41,44,47,62H,11-12,16-24,28-29H2,1-5H3,(H,56,64)(H,57,63)/t31-,36-,37+,39+,41?,44-,47+/m0/s1. The van der Waals surface area contributed by atoms with Crippen LogP contribution < -0.4 is 20.3 Å². The highest BCUT2D eigenvalue weighted by Gasteiger charge is 2.46. The number of likely N-dealkylation sites (tertiary alicyclic amines) is 1. The van der Waals surface area contributed by atoms with Crippen LogP contribution in [0.25, 0.3) is 10.4 Å². The number of hydrogen-bond acceptors (Lipinski definition) is 13. The number of pyridine rings is 1. The van der Waals surface area contributed by atoms with Gasteiger partial charge in [-0.2, -0.15) is 5.26 Å². The summed E-state index contributed by atoms with van der Waals surface area (Å²) in [6.07, 6.45) is 4.24. The number of thiazole rings is 1. The number of amides is 4. The molecule has 16 nitrogen and oxygen atoms in total. The number of fused-ring (bicyclic) bond motifs is 2. The molecule has 0 aliphatic carbocycles. The van der Waals surface area contributed by atoms with E-state index in [1.807, 2.05) is 81.4 Å². The molecule has 4 aliphatic heterocycles. The molecular weight excluding hydrogens is 918 g/mol. The number of piperazine rings is 1. The third-order valence-corrected chi connectivity index (χ3v) is 15.1. The van der Waals surface area contributed by atoms with Gasteiger partial charge in [-0.25, -0.2) is 9.97 Å². The number of carbonyl (C=O) groups is 4. The molecule has 18 heteroatoms. The average Bonchev–Trinajstić information content (AvgIpc) is 4.03. The van der Waals surface area contributed by atoms with Crippen molar-refractivity contribution < 1.29 is 33.8 Å². The third-order valence-electron chi connectivity index (χ3n) is 13.8. The van der Waals surface area contributed by atoms with Crippen LogP contribution in [0.1, 0.15) is 93.2 Å². The Kier molecular flexibility index (Phi) is 15.6. The smallest absolute Gasteiger partial charge is 0.272 e. The number of aliphatic hydroxyl groups is 1. The number of nitriles is 1. The van der Waals surface area contributed by atoms with Crippen LogP contribution >= 0.6 is 22.9 Å². The van der Waals surface area contributed by atoms with Crippen molar-refractivity contribution in [3.63, 3.8) is 0 Å². The molecule has 4 amide bonds. The van der Waals surface area contributed by atoms with Crippen LogP contribution in [-0.2, 0) is 19.1 Å². The summed E-state index contributed by atoms with van der Waals surface area (Å²) in [5, 5.41) is 26.1. The molecule has 7 atom stereocenters. The summed E-state index contributed by atoms with van der Waals surface area (Å²) in [7, 11) is 0. The molecule has 0 spiro atoms. The normalized spacial score (nSPS) is 22.5. The van der Waals surface area contributed by atoms with Crippen molar-refractivity contribution in [1.29, 1.82) is 5.26 Å². The van der Waals surface area contributed by atoms with Gasteiger partial charge in [-0.3, -0.25) is 24.1 Å². The van der Waals surface area contributed by atoms with E-state index in [2.05, 4.69) is 36.5 Å². The first kappa shape index (κ1) is 49.8. The molecule has 4 aromatic rings. The maximum absolute atomic E-state index is 14.1. The minimum Gasteiger partial charge on any atom is -0.490 e. The molecule has 4 saturated heterocycles. The van der Waals surface area contributed by atoms with Crippen molar-refractivity contribution in [3.8, 4) is 22.3 Å². The number of β-amino-alcohol motifs (C(OH)–C–C–N with tert-alkyl or cyclic N) is 1. The molecule has 2 aromatic carbocycles. The minimum absolute atomic E-state index is 0.0142. The highest BCUT2D eigenvalue weighted by atomic mass is 35.5. The van der Waals surface area contributed by atoms with Crippen molar-refractivity contribution >= 4 is 52.3 Å². The van der Waals surface area contributed by atoms with Gasteiger partial charge in [0.15, 0.2) is 0 Å². The number of nitrogens with one attached hydrogen (secondary N) is 2. The van der Waals surface area contributed by atoms with Crippen LogP contribution in [-0.4, -0.2) is 142 Å². The van der Waals surface area contributed by atoms with E-state index in [9.17, 15) is 29.5 Å². The zero-order valence-electron chi connectivity index (χ0n) is 39.9. The van der Waals surface area contributed by atoms with Gasteiger partial charge in [0.2, 0.25) is 17.7 Å². The Morgan fingerprint density at radius 2 is 1.70 bits per heavy atom. The lowest BCUT2D eigenvalue weighted by Crippen LogP contribution is -2.58. The first-order valence-corrected chi connectivity index (χ1v) is 25.1. The summed E-state index contributed by atoms with van der Waals surface area (Å²) in [5.74, 6) is -0.662. The summed E-state index contributed by atoms with van der Waals surface area (Å²) < 4.78 is 12.1. The molecule has 1 unspecified atom stereocenters. The van der Waals surface area contributed by atoms with Crippen molar-refractivity contribution in [3.05, 3.63) is 93.8 Å². The Labute approximate surface area is 412 Å². The number of aryl methyl sites for hydroxylation is 1. The van der Waals surface area contributed by atoms with Crippen LogP contribution in [0.5, 0.6) is 5.75 Å². The van der Waals surface area contributed by atoms with Crippen molar-refractivity contribution in [2.75, 3.05) is 57.4 Å². The Bertz CT molecular complexity index is 2510. The Morgan fingerprint density at radius 3 is 2.32 bits per heavy atom. The quantitative estimate of drug-likeness (QED) is 0.122. The van der Waals surface area contributed by atoms with Crippen LogP contribution in [0.3, 0.4) is 0 Å². The van der Waals surface area contributed by atoms with Gasteiger partial charge in [-0.15, -0.1) is 11.3 Å². The van der Waals surface area contributed by atoms with Gasteiger partial charge in [-0.05, 0) is 67.5 Å². The third kappa shape index (κ3) is 11.7. The number of aromatic nitrogens is 2. The van der Waals surface area contributed by atoms with Crippen LogP contribution in [0, 0.1) is 23.7 Å². The summed E-state index contributed by atoms with van der Waals surface area (Å²) in [4.78, 5) is 72.8. The second-order valence-electron chi connectivity index (χ2n) is 19.7. The molecule has 6 heterocycles. The number of ether oxygens (including phenoxy) is 2. The number of hydrogen-bond donors (Lipinski definition) is 3. The molecule has 2 bridgehead atoms. The molecule has 0 saturated carbocycles. The predicted octanol–water partition coefficient (Wildman–Crippen LogP) is 5.76. The number of carbonyl (C=O) groups excluding carboxylic acids is 4. The van der Waals surface area contributed by atoms with E-state index in [1.165, 1.54) is 4.90 Å². The van der Waals surface area contributed by atoms with Crippen molar-refractivity contribution in [2.24, 2.45) is 5.41 Å². The largest absolute Gasteiger partial charge is 0.490 e. The zero-order valence-corrected chi connectivity index (χ0v) is 41.5. The molecule has 2 aromatic heterocycles. The van der Waals surface area contributed by atoms with E-state index >= 15 is 0 Å². The maximum atomic E-state index is 14.1. The fourth-order valence-electron chi connectivity index (χ4n) is 10.0. The highest BCUT2D eigenvalue weighted by molar-refractivity contribution is 7.13. The average molecular weight is 981 g/mol. The van der Waals surface area contributed by atoms with Crippen molar-refractivity contribution in [1.82, 2.24) is 35.3 Å². The molecule has 69 heavy (non-hydrogen) atoms.